The lowest BCUT2D eigenvalue weighted by molar-refractivity contribution is 0.277. The number of aryl methyl sites for hydroxylation is 1. The first-order valence-electron chi connectivity index (χ1n) is 4.83. The summed E-state index contributed by atoms with van der Waals surface area (Å²) in [5, 5.41) is 9.03. The molecule has 2 aromatic heterocycles. The summed E-state index contributed by atoms with van der Waals surface area (Å²) in [6.45, 7) is -0.0179. The number of fused-ring (bicyclic) bond motifs is 3. The van der Waals surface area contributed by atoms with E-state index >= 15 is 0 Å². The van der Waals surface area contributed by atoms with Crippen LogP contribution in [0.1, 0.15) is 5.69 Å². The molecule has 0 aliphatic carbocycles. The van der Waals surface area contributed by atoms with Crippen LogP contribution in [-0.2, 0) is 13.7 Å². The highest BCUT2D eigenvalue weighted by Crippen LogP contribution is 2.19. The Labute approximate surface area is 86.4 Å². The molecule has 1 aromatic carbocycles. The maximum absolute atomic E-state index is 9.03. The van der Waals surface area contributed by atoms with Crippen LogP contribution in [0, 0.1) is 0 Å². The smallest absolute Gasteiger partial charge is 0.214 e. The summed E-state index contributed by atoms with van der Waals surface area (Å²) in [7, 11) is 1.98. The van der Waals surface area contributed by atoms with Gasteiger partial charge in [-0.15, -0.1) is 0 Å². The van der Waals surface area contributed by atoms with E-state index in [1.807, 2.05) is 40.4 Å². The number of aliphatic hydroxyl groups is 1. The van der Waals surface area contributed by atoms with Crippen LogP contribution in [0.15, 0.2) is 30.5 Å². The summed E-state index contributed by atoms with van der Waals surface area (Å²) in [5.74, 6) is 0.861. The molecule has 0 fully saturated rings. The van der Waals surface area contributed by atoms with Crippen molar-refractivity contribution >= 4 is 16.8 Å². The molecule has 0 amide bonds. The van der Waals surface area contributed by atoms with E-state index in [9.17, 15) is 0 Å². The van der Waals surface area contributed by atoms with Gasteiger partial charge in [-0.1, -0.05) is 12.1 Å². The summed E-state index contributed by atoms with van der Waals surface area (Å²) < 4.78 is 4.02. The highest BCUT2D eigenvalue weighted by atomic mass is 16.3. The van der Waals surface area contributed by atoms with Gasteiger partial charge in [-0.25, -0.2) is 4.98 Å². The van der Waals surface area contributed by atoms with Crippen LogP contribution >= 0.6 is 0 Å². The van der Waals surface area contributed by atoms with E-state index in [2.05, 4.69) is 11.1 Å². The molecule has 2 heterocycles. The fraction of sp³-hybridized carbons (Fsp3) is 0.182. The highest BCUT2D eigenvalue weighted by Gasteiger charge is 2.09. The lowest BCUT2D eigenvalue weighted by atomic mass is 10.3. The first kappa shape index (κ1) is 8.49. The lowest BCUT2D eigenvalue weighted by Gasteiger charge is -1.93. The van der Waals surface area contributed by atoms with Gasteiger partial charge in [0.2, 0.25) is 5.78 Å². The van der Waals surface area contributed by atoms with Crippen molar-refractivity contribution in [3.05, 3.63) is 36.2 Å². The second-order valence-electron chi connectivity index (χ2n) is 3.61. The van der Waals surface area contributed by atoms with E-state index in [4.69, 9.17) is 5.11 Å². The number of nitrogens with zero attached hydrogens (tertiary/aromatic N) is 3. The Morgan fingerprint density at radius 2 is 2.00 bits per heavy atom. The summed E-state index contributed by atoms with van der Waals surface area (Å²) in [5.41, 5.74) is 2.96. The van der Waals surface area contributed by atoms with Crippen LogP contribution < -0.4 is 0 Å². The summed E-state index contributed by atoms with van der Waals surface area (Å²) in [6, 6.07) is 8.11. The minimum absolute atomic E-state index is 0.0179. The van der Waals surface area contributed by atoms with Gasteiger partial charge in [0.05, 0.1) is 23.3 Å². The van der Waals surface area contributed by atoms with Gasteiger partial charge in [0.1, 0.15) is 0 Å². The molecule has 0 bridgehead atoms. The monoisotopic (exact) mass is 201 g/mol. The van der Waals surface area contributed by atoms with E-state index in [0.29, 0.717) is 5.69 Å². The van der Waals surface area contributed by atoms with Crippen LogP contribution in [0.2, 0.25) is 0 Å². The van der Waals surface area contributed by atoms with Crippen molar-refractivity contribution in [2.45, 2.75) is 6.61 Å². The third-order valence-corrected chi connectivity index (χ3v) is 2.70. The van der Waals surface area contributed by atoms with Crippen molar-refractivity contribution in [3.8, 4) is 0 Å². The van der Waals surface area contributed by atoms with E-state index in [0.717, 1.165) is 16.8 Å². The minimum atomic E-state index is -0.0179. The molecule has 0 spiro atoms. The number of aliphatic hydroxyl groups excluding tert-OH is 1. The van der Waals surface area contributed by atoms with Crippen molar-refractivity contribution in [1.82, 2.24) is 14.0 Å². The quantitative estimate of drug-likeness (QED) is 0.645. The molecular formula is C11H11N3O. The average molecular weight is 201 g/mol. The Morgan fingerprint density at radius 3 is 2.73 bits per heavy atom. The molecule has 3 rings (SSSR count). The third kappa shape index (κ3) is 1.02. The molecule has 4 nitrogen and oxygen atoms in total. The van der Waals surface area contributed by atoms with Crippen molar-refractivity contribution in [2.24, 2.45) is 7.05 Å². The molecule has 0 unspecified atom stereocenters. The van der Waals surface area contributed by atoms with Gasteiger partial charge in [-0.2, -0.15) is 0 Å². The molecule has 0 aliphatic heterocycles. The van der Waals surface area contributed by atoms with Crippen molar-refractivity contribution < 1.29 is 5.11 Å². The number of rotatable bonds is 1. The second kappa shape index (κ2) is 2.84. The first-order valence-corrected chi connectivity index (χ1v) is 4.83. The van der Waals surface area contributed by atoms with Gasteiger partial charge < -0.3 is 9.67 Å². The average Bonchev–Trinajstić information content (AvgIpc) is 2.80. The Bertz CT molecular complexity index is 636. The maximum Gasteiger partial charge on any atom is 0.214 e. The minimum Gasteiger partial charge on any atom is -0.390 e. The predicted molar refractivity (Wildman–Crippen MR) is 57.6 cm³/mol. The van der Waals surface area contributed by atoms with E-state index in [1.54, 1.807) is 0 Å². The molecule has 0 atom stereocenters. The molecule has 0 aliphatic rings. The molecule has 1 N–H and O–H groups in total. The van der Waals surface area contributed by atoms with Crippen LogP contribution in [0.25, 0.3) is 16.8 Å². The number of para-hydroxylation sites is 2. The normalized spacial score (nSPS) is 11.6. The van der Waals surface area contributed by atoms with Gasteiger partial charge in [0.25, 0.3) is 0 Å². The predicted octanol–water partition coefficient (Wildman–Crippen LogP) is 1.32. The van der Waals surface area contributed by atoms with E-state index in [-0.39, 0.29) is 6.61 Å². The van der Waals surface area contributed by atoms with Gasteiger partial charge in [0.15, 0.2) is 0 Å². The fourth-order valence-corrected chi connectivity index (χ4v) is 1.97. The first-order chi connectivity index (χ1) is 7.31. The topological polar surface area (TPSA) is 42.5 Å². The molecule has 0 saturated heterocycles. The molecule has 4 heteroatoms. The molecule has 76 valence electrons. The Balaban J connectivity index is 2.51. The lowest BCUT2D eigenvalue weighted by Crippen LogP contribution is -1.89. The van der Waals surface area contributed by atoms with Gasteiger partial charge in [0, 0.05) is 13.2 Å². The molecule has 15 heavy (non-hydrogen) atoms. The standard InChI is InChI=1S/C11H11N3O/c1-13-9-4-2-3-5-10(9)14-6-8(7-15)12-11(13)14/h2-6,15H,7H2,1H3. The number of benzene rings is 1. The number of imidazole rings is 2. The summed E-state index contributed by atoms with van der Waals surface area (Å²) in [6.07, 6.45) is 1.87. The Hall–Kier alpha value is -1.81. The molecule has 0 saturated carbocycles. The van der Waals surface area contributed by atoms with Gasteiger partial charge in [-0.3, -0.25) is 4.40 Å². The van der Waals surface area contributed by atoms with Crippen molar-refractivity contribution in [1.29, 1.82) is 0 Å². The summed E-state index contributed by atoms with van der Waals surface area (Å²) in [4.78, 5) is 4.34. The second-order valence-corrected chi connectivity index (χ2v) is 3.61. The van der Waals surface area contributed by atoms with Gasteiger partial charge in [-0.05, 0) is 12.1 Å². The van der Waals surface area contributed by atoms with E-state index < -0.39 is 0 Å². The maximum atomic E-state index is 9.03. The number of hydrogen-bond donors (Lipinski definition) is 1. The Kier molecular flexibility index (Phi) is 1.61. The van der Waals surface area contributed by atoms with Crippen LogP contribution in [0.5, 0.6) is 0 Å². The zero-order chi connectivity index (χ0) is 10.4. The highest BCUT2D eigenvalue weighted by molar-refractivity contribution is 5.80. The number of hydrogen-bond acceptors (Lipinski definition) is 2. The third-order valence-electron chi connectivity index (χ3n) is 2.70. The largest absolute Gasteiger partial charge is 0.390 e. The van der Waals surface area contributed by atoms with Crippen LogP contribution in [-0.4, -0.2) is 19.1 Å². The van der Waals surface area contributed by atoms with Crippen molar-refractivity contribution in [3.63, 3.8) is 0 Å². The molecule has 0 radical (unpaired) electrons. The zero-order valence-corrected chi connectivity index (χ0v) is 8.38. The van der Waals surface area contributed by atoms with Crippen LogP contribution in [0.3, 0.4) is 0 Å². The summed E-state index contributed by atoms with van der Waals surface area (Å²) >= 11 is 0. The van der Waals surface area contributed by atoms with Gasteiger partial charge >= 0.3 is 0 Å². The molecule has 3 aromatic rings. The zero-order valence-electron chi connectivity index (χ0n) is 8.38. The molecular weight excluding hydrogens is 190 g/mol. The van der Waals surface area contributed by atoms with Crippen LogP contribution in [0.4, 0.5) is 0 Å². The SMILES string of the molecule is Cn1c2ccccc2n2cc(CO)nc12. The number of aromatic nitrogens is 3. The fourth-order valence-electron chi connectivity index (χ4n) is 1.97. The van der Waals surface area contributed by atoms with Crippen molar-refractivity contribution in [2.75, 3.05) is 0 Å². The van der Waals surface area contributed by atoms with E-state index in [1.165, 1.54) is 0 Å². The Morgan fingerprint density at radius 1 is 1.27 bits per heavy atom.